The molecule has 192 valence electrons. The van der Waals surface area contributed by atoms with Gasteiger partial charge in [0.2, 0.25) is 5.82 Å². The van der Waals surface area contributed by atoms with Gasteiger partial charge >= 0.3 is 19.4 Å². The molecule has 0 amide bonds. The Morgan fingerprint density at radius 2 is 2.00 bits per heavy atom. The molecular weight excluding hydrogens is 488 g/mol. The van der Waals surface area contributed by atoms with Gasteiger partial charge in [-0.1, -0.05) is 18.2 Å². The van der Waals surface area contributed by atoms with Crippen LogP contribution in [0.1, 0.15) is 33.4 Å². The highest BCUT2D eigenvalue weighted by atomic mass is 31.2. The molecule has 2 heterocycles. The van der Waals surface area contributed by atoms with Crippen molar-refractivity contribution in [2.24, 2.45) is 0 Å². The van der Waals surface area contributed by atoms with Gasteiger partial charge in [-0.25, -0.2) is 9.36 Å². The quantitative estimate of drug-likeness (QED) is 0.312. The SMILES string of the molecule is CC(C)OC(=O)[C@@H](C)NP(=O)(OC[C@H]1OC(n2cc(F)c(=O)[nH]c2=O)C[C@@H]1O)Oc1ccccc1. The van der Waals surface area contributed by atoms with Gasteiger partial charge in [0.05, 0.1) is 25.0 Å². The van der Waals surface area contributed by atoms with Crippen LogP contribution in [0.5, 0.6) is 5.75 Å². The first-order chi connectivity index (χ1) is 16.5. The number of carbonyl (C=O) groups excluding carboxylic acids is 1. The Bertz CT molecular complexity index is 1190. The monoisotopic (exact) mass is 515 g/mol. The van der Waals surface area contributed by atoms with E-state index in [1.54, 1.807) is 32.0 Å². The maximum Gasteiger partial charge on any atom is 0.459 e. The summed E-state index contributed by atoms with van der Waals surface area (Å²) < 4.78 is 49.6. The van der Waals surface area contributed by atoms with Crippen LogP contribution in [-0.2, 0) is 23.4 Å². The molecule has 35 heavy (non-hydrogen) atoms. The maximum atomic E-state index is 13.6. The fourth-order valence-electron chi connectivity index (χ4n) is 3.22. The molecule has 2 aromatic rings. The molecule has 0 saturated carbocycles. The van der Waals surface area contributed by atoms with Crippen LogP contribution in [0.25, 0.3) is 0 Å². The van der Waals surface area contributed by atoms with Gasteiger partial charge in [-0.05, 0) is 32.9 Å². The molecule has 3 rings (SSSR count). The van der Waals surface area contributed by atoms with Crippen molar-refractivity contribution < 1.29 is 37.4 Å². The third-order valence-electron chi connectivity index (χ3n) is 4.87. The lowest BCUT2D eigenvalue weighted by molar-refractivity contribution is -0.149. The number of ether oxygens (including phenoxy) is 2. The number of nitrogens with one attached hydrogen (secondary N) is 2. The summed E-state index contributed by atoms with van der Waals surface area (Å²) in [5.74, 6) is -1.69. The predicted molar refractivity (Wildman–Crippen MR) is 120 cm³/mol. The molecule has 0 spiro atoms. The molecule has 1 aromatic carbocycles. The smallest absolute Gasteiger partial charge is 0.459 e. The van der Waals surface area contributed by atoms with E-state index in [1.807, 2.05) is 4.98 Å². The molecule has 1 saturated heterocycles. The molecule has 1 aliphatic heterocycles. The lowest BCUT2D eigenvalue weighted by Crippen LogP contribution is -2.37. The lowest BCUT2D eigenvalue weighted by Gasteiger charge is -2.25. The minimum absolute atomic E-state index is 0.131. The number of H-pyrrole nitrogens is 1. The van der Waals surface area contributed by atoms with E-state index in [9.17, 15) is 28.4 Å². The summed E-state index contributed by atoms with van der Waals surface area (Å²) in [6.45, 7) is 4.27. The number of aliphatic hydroxyl groups is 1. The summed E-state index contributed by atoms with van der Waals surface area (Å²) >= 11 is 0. The van der Waals surface area contributed by atoms with E-state index in [4.69, 9.17) is 18.5 Å². The number of esters is 1. The largest absolute Gasteiger partial charge is 0.462 e. The fourth-order valence-corrected chi connectivity index (χ4v) is 4.72. The van der Waals surface area contributed by atoms with Gasteiger partial charge in [0, 0.05) is 6.42 Å². The molecule has 0 aliphatic carbocycles. The van der Waals surface area contributed by atoms with Gasteiger partial charge < -0.3 is 19.1 Å². The van der Waals surface area contributed by atoms with Crippen LogP contribution in [-0.4, -0.2) is 51.6 Å². The molecule has 1 aromatic heterocycles. The Morgan fingerprint density at radius 1 is 1.31 bits per heavy atom. The summed E-state index contributed by atoms with van der Waals surface area (Å²) in [5, 5.41) is 12.9. The number of rotatable bonds is 10. The molecule has 1 fully saturated rings. The second-order valence-corrected chi connectivity index (χ2v) is 9.80. The van der Waals surface area contributed by atoms with Crippen molar-refractivity contribution in [3.63, 3.8) is 0 Å². The molecule has 5 atom stereocenters. The van der Waals surface area contributed by atoms with Crippen LogP contribution in [0.15, 0.2) is 46.1 Å². The highest BCUT2D eigenvalue weighted by molar-refractivity contribution is 7.52. The molecule has 14 heteroatoms. The third-order valence-corrected chi connectivity index (χ3v) is 6.52. The Balaban J connectivity index is 1.73. The van der Waals surface area contributed by atoms with E-state index < -0.39 is 68.0 Å². The van der Waals surface area contributed by atoms with E-state index in [-0.39, 0.29) is 12.2 Å². The van der Waals surface area contributed by atoms with E-state index in [2.05, 4.69) is 5.09 Å². The van der Waals surface area contributed by atoms with Crippen LogP contribution in [0.2, 0.25) is 0 Å². The van der Waals surface area contributed by atoms with Crippen LogP contribution >= 0.6 is 7.75 Å². The molecule has 0 bridgehead atoms. The highest BCUT2D eigenvalue weighted by Crippen LogP contribution is 2.45. The van der Waals surface area contributed by atoms with Crippen molar-refractivity contribution in [3.8, 4) is 5.75 Å². The molecular formula is C21H27FN3O9P. The maximum absolute atomic E-state index is 13.6. The minimum Gasteiger partial charge on any atom is -0.462 e. The van der Waals surface area contributed by atoms with Crippen LogP contribution in [0.3, 0.4) is 0 Å². The zero-order chi connectivity index (χ0) is 25.8. The number of benzene rings is 1. The first kappa shape index (κ1) is 26.8. The highest BCUT2D eigenvalue weighted by Gasteiger charge is 2.39. The number of hydrogen-bond donors (Lipinski definition) is 3. The summed E-state index contributed by atoms with van der Waals surface area (Å²) in [4.78, 5) is 37.3. The number of aromatic nitrogens is 2. The summed E-state index contributed by atoms with van der Waals surface area (Å²) in [7, 11) is -4.21. The molecule has 12 nitrogen and oxygen atoms in total. The Labute approximate surface area is 199 Å². The number of nitrogens with zero attached hydrogens (tertiary/aromatic N) is 1. The number of aromatic amines is 1. The second kappa shape index (κ2) is 11.3. The fraction of sp³-hybridized carbons (Fsp3) is 0.476. The van der Waals surface area contributed by atoms with Crippen molar-refractivity contribution >= 4 is 13.7 Å². The van der Waals surface area contributed by atoms with Crippen molar-refractivity contribution in [2.75, 3.05) is 6.61 Å². The Hall–Kier alpha value is -2.83. The minimum atomic E-state index is -4.21. The standard InChI is InChI=1S/C21H27FN3O9P/c1-12(2)32-20(28)13(3)24-35(30,34-14-7-5-4-6-8-14)31-11-17-16(26)9-18(33-17)25-10-15(22)19(27)23-21(25)29/h4-8,10,12-13,16-18,26H,9,11H2,1-3H3,(H,24,30)(H,23,27,29)/t13-,16+,17-,18?,35?/m1/s1. The van der Waals surface area contributed by atoms with Gasteiger partial charge in [-0.15, -0.1) is 0 Å². The average Bonchev–Trinajstić information content (AvgIpc) is 3.15. The van der Waals surface area contributed by atoms with Gasteiger partial charge in [0.25, 0.3) is 5.56 Å². The first-order valence-corrected chi connectivity index (χ1v) is 12.3. The Kier molecular flexibility index (Phi) is 8.62. The lowest BCUT2D eigenvalue weighted by atomic mass is 10.2. The van der Waals surface area contributed by atoms with Crippen LogP contribution in [0, 0.1) is 5.82 Å². The zero-order valence-electron chi connectivity index (χ0n) is 19.3. The molecule has 0 radical (unpaired) electrons. The van der Waals surface area contributed by atoms with Crippen molar-refractivity contribution in [2.45, 2.75) is 57.8 Å². The summed E-state index contributed by atoms with van der Waals surface area (Å²) in [6.07, 6.45) is -3.24. The van der Waals surface area contributed by atoms with E-state index in [1.165, 1.54) is 19.1 Å². The van der Waals surface area contributed by atoms with Gasteiger partial charge in [-0.3, -0.25) is 23.7 Å². The Morgan fingerprint density at radius 3 is 2.66 bits per heavy atom. The number of para-hydroxylation sites is 1. The van der Waals surface area contributed by atoms with E-state index in [0.717, 1.165) is 4.57 Å². The molecule has 2 unspecified atom stereocenters. The van der Waals surface area contributed by atoms with Crippen molar-refractivity contribution in [1.82, 2.24) is 14.6 Å². The average molecular weight is 515 g/mol. The van der Waals surface area contributed by atoms with E-state index in [0.29, 0.717) is 6.20 Å². The van der Waals surface area contributed by atoms with Crippen LogP contribution in [0.4, 0.5) is 4.39 Å². The van der Waals surface area contributed by atoms with Crippen LogP contribution < -0.4 is 20.9 Å². The molecule has 3 N–H and O–H groups in total. The van der Waals surface area contributed by atoms with Gasteiger partial charge in [0.15, 0.2) is 0 Å². The van der Waals surface area contributed by atoms with Crippen molar-refractivity contribution in [3.05, 3.63) is 63.2 Å². The number of aliphatic hydroxyl groups excluding tert-OH is 1. The van der Waals surface area contributed by atoms with Gasteiger partial charge in [0.1, 0.15) is 24.1 Å². The summed E-state index contributed by atoms with van der Waals surface area (Å²) in [6, 6.07) is 7.00. The zero-order valence-corrected chi connectivity index (χ0v) is 20.1. The topological polar surface area (TPSA) is 158 Å². The third kappa shape index (κ3) is 7.09. The molecule has 1 aliphatic rings. The second-order valence-electron chi connectivity index (χ2n) is 8.11. The number of halogens is 1. The van der Waals surface area contributed by atoms with E-state index >= 15 is 0 Å². The number of carbonyl (C=O) groups is 1. The summed E-state index contributed by atoms with van der Waals surface area (Å²) in [5.41, 5.74) is -2.10. The first-order valence-electron chi connectivity index (χ1n) is 10.8. The number of hydrogen-bond acceptors (Lipinski definition) is 9. The van der Waals surface area contributed by atoms with Crippen molar-refractivity contribution in [1.29, 1.82) is 0 Å². The predicted octanol–water partition coefficient (Wildman–Crippen LogP) is 1.46. The van der Waals surface area contributed by atoms with Gasteiger partial charge in [-0.2, -0.15) is 9.48 Å². The normalized spacial score (nSPS) is 22.5.